The molecule has 2 N–H and O–H groups in total. The largest absolute Gasteiger partial charge is 0.382 e. The Labute approximate surface area is 137 Å². The fourth-order valence-electron chi connectivity index (χ4n) is 3.94. The second-order valence-electron chi connectivity index (χ2n) is 7.08. The van der Waals surface area contributed by atoms with Gasteiger partial charge in [0.2, 0.25) is 0 Å². The average Bonchev–Trinajstić information content (AvgIpc) is 3.21. The first-order valence-electron chi connectivity index (χ1n) is 8.81. The van der Waals surface area contributed by atoms with Gasteiger partial charge in [0.05, 0.1) is 17.8 Å². The summed E-state index contributed by atoms with van der Waals surface area (Å²) in [6.07, 6.45) is 6.01. The van der Waals surface area contributed by atoms with Crippen molar-refractivity contribution in [3.8, 4) is 0 Å². The number of fused-ring (bicyclic) bond motifs is 1. The van der Waals surface area contributed by atoms with Crippen LogP contribution in [0.15, 0.2) is 24.4 Å². The minimum absolute atomic E-state index is 0.468. The zero-order valence-corrected chi connectivity index (χ0v) is 13.8. The van der Waals surface area contributed by atoms with Crippen LogP contribution in [0.4, 0.5) is 5.69 Å². The lowest BCUT2D eigenvalue weighted by molar-refractivity contribution is 0.0563. The van der Waals surface area contributed by atoms with E-state index in [0.29, 0.717) is 18.1 Å². The number of benzene rings is 1. The van der Waals surface area contributed by atoms with Crippen LogP contribution in [-0.4, -0.2) is 53.5 Å². The number of likely N-dealkylation sites (tertiary alicyclic amines) is 1. The van der Waals surface area contributed by atoms with Crippen molar-refractivity contribution in [3.05, 3.63) is 24.4 Å². The molecule has 0 bridgehead atoms. The Morgan fingerprint density at radius 2 is 2.35 bits per heavy atom. The number of aromatic nitrogens is 2. The molecule has 1 aromatic heterocycles. The van der Waals surface area contributed by atoms with Crippen molar-refractivity contribution < 1.29 is 4.74 Å². The monoisotopic (exact) mass is 314 g/mol. The van der Waals surface area contributed by atoms with Gasteiger partial charge >= 0.3 is 0 Å². The molecule has 2 saturated heterocycles. The van der Waals surface area contributed by atoms with Crippen molar-refractivity contribution in [1.82, 2.24) is 15.1 Å². The van der Waals surface area contributed by atoms with Gasteiger partial charge in [0, 0.05) is 43.4 Å². The second kappa shape index (κ2) is 6.49. The molecule has 5 nitrogen and oxygen atoms in total. The highest BCUT2D eigenvalue weighted by atomic mass is 16.5. The highest BCUT2D eigenvalue weighted by Crippen LogP contribution is 2.24. The summed E-state index contributed by atoms with van der Waals surface area (Å²) in [7, 11) is 0. The van der Waals surface area contributed by atoms with Crippen molar-refractivity contribution in [2.45, 2.75) is 38.3 Å². The van der Waals surface area contributed by atoms with Gasteiger partial charge in [-0.1, -0.05) is 6.92 Å². The third kappa shape index (κ3) is 3.35. The average molecular weight is 314 g/mol. The van der Waals surface area contributed by atoms with Crippen LogP contribution in [0.2, 0.25) is 0 Å². The number of anilines is 1. The van der Waals surface area contributed by atoms with Crippen LogP contribution in [0.5, 0.6) is 0 Å². The van der Waals surface area contributed by atoms with E-state index in [0.717, 1.165) is 31.8 Å². The SMILES string of the molecule is C[C@@H]1CN(C[C@H]2CCCO2)CC[C@H]1Nc1ccc2[nH]ncc2c1. The van der Waals surface area contributed by atoms with Crippen LogP contribution >= 0.6 is 0 Å². The Kier molecular flexibility index (Phi) is 4.23. The van der Waals surface area contributed by atoms with Crippen LogP contribution in [0.3, 0.4) is 0 Å². The molecule has 0 aliphatic carbocycles. The molecule has 3 atom stereocenters. The van der Waals surface area contributed by atoms with Gasteiger partial charge in [-0.2, -0.15) is 5.10 Å². The number of nitrogens with one attached hydrogen (secondary N) is 2. The first-order valence-corrected chi connectivity index (χ1v) is 8.81. The van der Waals surface area contributed by atoms with Crippen LogP contribution in [0.1, 0.15) is 26.2 Å². The van der Waals surface area contributed by atoms with Crippen LogP contribution in [-0.2, 0) is 4.74 Å². The smallest absolute Gasteiger partial charge is 0.0702 e. The predicted molar refractivity (Wildman–Crippen MR) is 92.7 cm³/mol. The van der Waals surface area contributed by atoms with Crippen molar-refractivity contribution in [3.63, 3.8) is 0 Å². The lowest BCUT2D eigenvalue weighted by Gasteiger charge is -2.38. The maximum atomic E-state index is 5.78. The molecule has 3 heterocycles. The Bertz CT molecular complexity index is 649. The van der Waals surface area contributed by atoms with E-state index in [2.05, 4.69) is 45.5 Å². The number of aromatic amines is 1. The van der Waals surface area contributed by atoms with Crippen LogP contribution in [0.25, 0.3) is 10.9 Å². The molecule has 0 spiro atoms. The molecule has 0 amide bonds. The predicted octanol–water partition coefficient (Wildman–Crippen LogP) is 2.86. The number of rotatable bonds is 4. The maximum Gasteiger partial charge on any atom is 0.0702 e. The highest BCUT2D eigenvalue weighted by molar-refractivity contribution is 5.81. The molecule has 23 heavy (non-hydrogen) atoms. The van der Waals surface area contributed by atoms with Crippen molar-refractivity contribution >= 4 is 16.6 Å². The topological polar surface area (TPSA) is 53.2 Å². The number of piperidine rings is 1. The summed E-state index contributed by atoms with van der Waals surface area (Å²) in [5, 5.41) is 12.0. The number of ether oxygens (including phenoxy) is 1. The van der Waals surface area contributed by atoms with E-state index < -0.39 is 0 Å². The lowest BCUT2D eigenvalue weighted by atomic mass is 9.93. The van der Waals surface area contributed by atoms with E-state index >= 15 is 0 Å². The molecular weight excluding hydrogens is 288 g/mol. The van der Waals surface area contributed by atoms with Crippen molar-refractivity contribution in [2.24, 2.45) is 5.92 Å². The normalized spacial score (nSPS) is 29.2. The summed E-state index contributed by atoms with van der Waals surface area (Å²) in [5.41, 5.74) is 2.29. The zero-order valence-electron chi connectivity index (χ0n) is 13.8. The van der Waals surface area contributed by atoms with Crippen molar-refractivity contribution in [1.29, 1.82) is 0 Å². The molecular formula is C18H26N4O. The standard InChI is InChI=1S/C18H26N4O/c1-13-11-22(12-16-3-2-8-23-16)7-6-17(13)20-15-4-5-18-14(9-15)10-19-21-18/h4-5,9-10,13,16-17,20H,2-3,6-8,11-12H2,1H3,(H,19,21)/t13-,16-,17-/m1/s1. The molecule has 0 unspecified atom stereocenters. The number of hydrogen-bond acceptors (Lipinski definition) is 4. The van der Waals surface area contributed by atoms with Gasteiger partial charge in [0.1, 0.15) is 0 Å². The van der Waals surface area contributed by atoms with E-state index in [1.165, 1.54) is 30.3 Å². The first-order chi connectivity index (χ1) is 11.3. The van der Waals surface area contributed by atoms with E-state index in [4.69, 9.17) is 4.74 Å². The minimum Gasteiger partial charge on any atom is -0.382 e. The third-order valence-corrected chi connectivity index (χ3v) is 5.27. The summed E-state index contributed by atoms with van der Waals surface area (Å²) in [5.74, 6) is 0.644. The van der Waals surface area contributed by atoms with Crippen molar-refractivity contribution in [2.75, 3.05) is 31.6 Å². The van der Waals surface area contributed by atoms with Gasteiger partial charge < -0.3 is 15.0 Å². The number of hydrogen-bond donors (Lipinski definition) is 2. The number of nitrogens with zero attached hydrogens (tertiary/aromatic N) is 2. The Morgan fingerprint density at radius 1 is 1.39 bits per heavy atom. The molecule has 1 aromatic carbocycles. The van der Waals surface area contributed by atoms with Gasteiger partial charge in [-0.25, -0.2) is 0 Å². The summed E-state index contributed by atoms with van der Waals surface area (Å²) in [6.45, 7) is 6.74. The van der Waals surface area contributed by atoms with Gasteiger partial charge in [-0.15, -0.1) is 0 Å². The van der Waals surface area contributed by atoms with Gasteiger partial charge in [0.25, 0.3) is 0 Å². The molecule has 5 heteroatoms. The molecule has 2 aromatic rings. The quantitative estimate of drug-likeness (QED) is 0.911. The van der Waals surface area contributed by atoms with Crippen LogP contribution < -0.4 is 5.32 Å². The second-order valence-corrected chi connectivity index (χ2v) is 7.08. The molecule has 2 fully saturated rings. The molecule has 124 valence electrons. The minimum atomic E-state index is 0.468. The Hall–Kier alpha value is -1.59. The summed E-state index contributed by atoms with van der Waals surface area (Å²) < 4.78 is 5.78. The maximum absolute atomic E-state index is 5.78. The van der Waals surface area contributed by atoms with E-state index in [-0.39, 0.29) is 0 Å². The fraction of sp³-hybridized carbons (Fsp3) is 0.611. The van der Waals surface area contributed by atoms with E-state index in [1.54, 1.807) is 0 Å². The third-order valence-electron chi connectivity index (χ3n) is 5.27. The highest BCUT2D eigenvalue weighted by Gasteiger charge is 2.28. The van der Waals surface area contributed by atoms with E-state index in [9.17, 15) is 0 Å². The number of H-pyrrole nitrogens is 1. The summed E-state index contributed by atoms with van der Waals surface area (Å²) in [4.78, 5) is 2.58. The molecule has 2 aliphatic heterocycles. The zero-order chi connectivity index (χ0) is 15.6. The lowest BCUT2D eigenvalue weighted by Crippen LogP contribution is -2.47. The molecule has 4 rings (SSSR count). The molecule has 0 saturated carbocycles. The fourth-order valence-corrected chi connectivity index (χ4v) is 3.94. The Morgan fingerprint density at radius 3 is 3.17 bits per heavy atom. The Balaban J connectivity index is 1.34. The molecule has 0 radical (unpaired) electrons. The van der Waals surface area contributed by atoms with Gasteiger partial charge in [-0.05, 0) is 43.4 Å². The van der Waals surface area contributed by atoms with Gasteiger partial charge in [-0.3, -0.25) is 5.10 Å². The van der Waals surface area contributed by atoms with Gasteiger partial charge in [0.15, 0.2) is 0 Å². The van der Waals surface area contributed by atoms with Crippen LogP contribution in [0, 0.1) is 5.92 Å². The molecule has 2 aliphatic rings. The first kappa shape index (κ1) is 15.0. The summed E-state index contributed by atoms with van der Waals surface area (Å²) in [6, 6.07) is 6.97. The van der Waals surface area contributed by atoms with E-state index in [1.807, 2.05) is 6.20 Å². The summed E-state index contributed by atoms with van der Waals surface area (Å²) >= 11 is 0.